The van der Waals surface area contributed by atoms with Gasteiger partial charge in [-0.1, -0.05) is 11.6 Å². The summed E-state index contributed by atoms with van der Waals surface area (Å²) in [4.78, 5) is 13.7. The summed E-state index contributed by atoms with van der Waals surface area (Å²) in [6.45, 7) is 0.221. The molecular formula is C12H6ClN3O2S. The fraction of sp³-hybridized carbons (Fsp3) is 0.0833. The molecule has 19 heavy (non-hydrogen) atoms. The van der Waals surface area contributed by atoms with Crippen LogP contribution in [0.25, 0.3) is 21.6 Å². The number of rotatable bonds is 1. The highest BCUT2D eigenvalue weighted by atomic mass is 35.5. The Morgan fingerprint density at radius 1 is 1.16 bits per heavy atom. The average Bonchev–Trinajstić information content (AvgIpc) is 3.07. The molecule has 1 aliphatic rings. The molecule has 0 radical (unpaired) electrons. The summed E-state index contributed by atoms with van der Waals surface area (Å²) in [5.41, 5.74) is 2.46. The molecule has 0 fully saturated rings. The number of halogens is 1. The topological polar surface area (TPSA) is 57.1 Å². The molecule has 0 amide bonds. The highest BCUT2D eigenvalue weighted by molar-refractivity contribution is 7.13. The van der Waals surface area contributed by atoms with Crippen molar-refractivity contribution < 1.29 is 9.47 Å². The van der Waals surface area contributed by atoms with Gasteiger partial charge in [0.2, 0.25) is 6.79 Å². The summed E-state index contributed by atoms with van der Waals surface area (Å²) in [5, 5.41) is 1.14. The molecule has 0 atom stereocenters. The van der Waals surface area contributed by atoms with E-state index in [1.54, 1.807) is 17.8 Å². The first-order chi connectivity index (χ1) is 9.31. The van der Waals surface area contributed by atoms with Crippen LogP contribution in [-0.4, -0.2) is 21.7 Å². The minimum absolute atomic E-state index is 0.221. The van der Waals surface area contributed by atoms with Crippen LogP contribution in [0.4, 0.5) is 0 Å². The summed E-state index contributed by atoms with van der Waals surface area (Å²) < 4.78 is 10.7. The van der Waals surface area contributed by atoms with Crippen LogP contribution >= 0.6 is 22.9 Å². The first-order valence-corrected chi connectivity index (χ1v) is 6.73. The molecule has 1 aliphatic heterocycles. The van der Waals surface area contributed by atoms with Crippen molar-refractivity contribution >= 4 is 33.8 Å². The lowest BCUT2D eigenvalue weighted by Crippen LogP contribution is -1.92. The van der Waals surface area contributed by atoms with E-state index in [0.29, 0.717) is 22.5 Å². The second kappa shape index (κ2) is 4.04. The highest BCUT2D eigenvalue weighted by Gasteiger charge is 2.17. The molecule has 5 nitrogen and oxygen atoms in total. The molecule has 0 N–H and O–H groups in total. The smallest absolute Gasteiger partial charge is 0.231 e. The molecule has 0 saturated carbocycles. The SMILES string of the molecule is Clc1nc(-c2cncs2)nc2cc3c(cc12)OCO3. The predicted molar refractivity (Wildman–Crippen MR) is 71.8 cm³/mol. The van der Waals surface area contributed by atoms with Gasteiger partial charge in [-0.3, -0.25) is 4.98 Å². The van der Waals surface area contributed by atoms with Gasteiger partial charge in [-0.05, 0) is 6.07 Å². The second-order valence-electron chi connectivity index (χ2n) is 3.93. The Labute approximate surface area is 116 Å². The van der Waals surface area contributed by atoms with Crippen LogP contribution in [0.15, 0.2) is 23.8 Å². The number of fused-ring (bicyclic) bond motifs is 2. The lowest BCUT2D eigenvalue weighted by molar-refractivity contribution is 0.174. The zero-order valence-corrected chi connectivity index (χ0v) is 11.0. The van der Waals surface area contributed by atoms with Gasteiger partial charge in [-0.15, -0.1) is 11.3 Å². The predicted octanol–water partition coefficient (Wildman–Crippen LogP) is 3.14. The van der Waals surface area contributed by atoms with Crippen LogP contribution in [-0.2, 0) is 0 Å². The highest BCUT2D eigenvalue weighted by Crippen LogP contribution is 2.38. The monoisotopic (exact) mass is 291 g/mol. The van der Waals surface area contributed by atoms with Crippen LogP contribution in [0.3, 0.4) is 0 Å². The summed E-state index contributed by atoms with van der Waals surface area (Å²) in [6, 6.07) is 3.62. The molecule has 94 valence electrons. The molecule has 3 aromatic rings. The normalized spacial score (nSPS) is 13.1. The van der Waals surface area contributed by atoms with Crippen molar-refractivity contribution in [3.63, 3.8) is 0 Å². The number of nitrogens with zero attached hydrogens (tertiary/aromatic N) is 3. The Hall–Kier alpha value is -1.92. The third-order valence-corrected chi connectivity index (χ3v) is 3.85. The van der Waals surface area contributed by atoms with Crippen molar-refractivity contribution in [3.05, 3.63) is 29.0 Å². The van der Waals surface area contributed by atoms with Gasteiger partial charge in [0, 0.05) is 17.6 Å². The van der Waals surface area contributed by atoms with Crippen LogP contribution in [0.1, 0.15) is 0 Å². The maximum atomic E-state index is 6.22. The number of hydrogen-bond donors (Lipinski definition) is 0. The quantitative estimate of drug-likeness (QED) is 0.645. The first-order valence-electron chi connectivity index (χ1n) is 5.47. The lowest BCUT2D eigenvalue weighted by Gasteiger charge is -2.04. The van der Waals surface area contributed by atoms with E-state index < -0.39 is 0 Å². The molecule has 0 spiro atoms. The fourth-order valence-corrected chi connectivity index (χ4v) is 2.70. The van der Waals surface area contributed by atoms with Gasteiger partial charge < -0.3 is 9.47 Å². The van der Waals surface area contributed by atoms with E-state index in [2.05, 4.69) is 15.0 Å². The summed E-state index contributed by atoms with van der Waals surface area (Å²) in [6.07, 6.45) is 1.72. The minimum atomic E-state index is 0.221. The van der Waals surface area contributed by atoms with Crippen LogP contribution in [0, 0.1) is 0 Å². The van der Waals surface area contributed by atoms with Gasteiger partial charge in [0.25, 0.3) is 0 Å². The minimum Gasteiger partial charge on any atom is -0.454 e. The van der Waals surface area contributed by atoms with Gasteiger partial charge in [-0.25, -0.2) is 9.97 Å². The molecule has 0 aliphatic carbocycles. The molecule has 0 bridgehead atoms. The molecule has 7 heteroatoms. The zero-order chi connectivity index (χ0) is 12.8. The van der Waals surface area contributed by atoms with Crippen LogP contribution < -0.4 is 9.47 Å². The third kappa shape index (κ3) is 1.72. The Balaban J connectivity index is 1.98. The van der Waals surface area contributed by atoms with Crippen molar-refractivity contribution in [1.29, 1.82) is 0 Å². The Bertz CT molecular complexity index is 776. The standard InChI is InChI=1S/C12H6ClN3O2S/c13-11-6-1-8-9(18-5-17-8)2-7(6)15-12(16-11)10-3-14-4-19-10/h1-4H,5H2. The van der Waals surface area contributed by atoms with Gasteiger partial charge in [0.1, 0.15) is 5.15 Å². The number of aromatic nitrogens is 3. The Morgan fingerprint density at radius 3 is 2.79 bits per heavy atom. The Morgan fingerprint density at radius 2 is 2.00 bits per heavy atom. The molecule has 0 unspecified atom stereocenters. The van der Waals surface area contributed by atoms with E-state index in [0.717, 1.165) is 15.8 Å². The average molecular weight is 292 g/mol. The van der Waals surface area contributed by atoms with Gasteiger partial charge in [0.05, 0.1) is 15.9 Å². The zero-order valence-electron chi connectivity index (χ0n) is 9.46. The molecule has 3 heterocycles. The number of ether oxygens (including phenoxy) is 2. The van der Waals surface area contributed by atoms with E-state index in [4.69, 9.17) is 21.1 Å². The maximum absolute atomic E-state index is 6.22. The number of hydrogen-bond acceptors (Lipinski definition) is 6. The molecule has 2 aromatic heterocycles. The molecule has 1 aromatic carbocycles. The van der Waals surface area contributed by atoms with Crippen molar-refractivity contribution in [2.45, 2.75) is 0 Å². The van der Waals surface area contributed by atoms with Gasteiger partial charge >= 0.3 is 0 Å². The van der Waals surface area contributed by atoms with Crippen molar-refractivity contribution in [3.8, 4) is 22.2 Å². The molecule has 0 saturated heterocycles. The number of thiazole rings is 1. The fourth-order valence-electron chi connectivity index (χ4n) is 1.92. The summed E-state index contributed by atoms with van der Waals surface area (Å²) in [5.74, 6) is 1.92. The number of benzene rings is 1. The Kier molecular flexibility index (Phi) is 2.33. The largest absolute Gasteiger partial charge is 0.454 e. The van der Waals surface area contributed by atoms with Gasteiger partial charge in [0.15, 0.2) is 17.3 Å². The van der Waals surface area contributed by atoms with E-state index in [-0.39, 0.29) is 6.79 Å². The summed E-state index contributed by atoms with van der Waals surface area (Å²) >= 11 is 7.69. The maximum Gasteiger partial charge on any atom is 0.231 e. The third-order valence-electron chi connectivity index (χ3n) is 2.80. The van der Waals surface area contributed by atoms with Crippen LogP contribution in [0.2, 0.25) is 5.15 Å². The van der Waals surface area contributed by atoms with E-state index in [9.17, 15) is 0 Å². The second-order valence-corrected chi connectivity index (χ2v) is 5.17. The van der Waals surface area contributed by atoms with Gasteiger partial charge in [-0.2, -0.15) is 0 Å². The van der Waals surface area contributed by atoms with E-state index in [1.165, 1.54) is 11.3 Å². The summed E-state index contributed by atoms with van der Waals surface area (Å²) in [7, 11) is 0. The molecule has 4 rings (SSSR count). The van der Waals surface area contributed by atoms with Crippen molar-refractivity contribution in [2.75, 3.05) is 6.79 Å². The van der Waals surface area contributed by atoms with Crippen molar-refractivity contribution in [2.24, 2.45) is 0 Å². The van der Waals surface area contributed by atoms with Crippen LogP contribution in [0.5, 0.6) is 11.5 Å². The lowest BCUT2D eigenvalue weighted by atomic mass is 10.2. The molecular weight excluding hydrogens is 286 g/mol. The van der Waals surface area contributed by atoms with Crippen molar-refractivity contribution in [1.82, 2.24) is 15.0 Å². The van der Waals surface area contributed by atoms with E-state index >= 15 is 0 Å². The first kappa shape index (κ1) is 11.0. The van der Waals surface area contributed by atoms with E-state index in [1.807, 2.05) is 6.07 Å².